The molecular formula is C17H17ClFNO4S. The summed E-state index contributed by atoms with van der Waals surface area (Å²) in [4.78, 5) is 11.8. The Morgan fingerprint density at radius 2 is 1.88 bits per heavy atom. The lowest BCUT2D eigenvalue weighted by molar-refractivity contribution is -0.118. The molecule has 0 unspecified atom stereocenters. The highest BCUT2D eigenvalue weighted by Gasteiger charge is 2.19. The summed E-state index contributed by atoms with van der Waals surface area (Å²) >= 11 is 5.81. The molecule has 0 bridgehead atoms. The number of hydrogen-bond acceptors (Lipinski definition) is 4. The lowest BCUT2D eigenvalue weighted by atomic mass is 10.2. The van der Waals surface area contributed by atoms with Gasteiger partial charge in [0.05, 0.1) is 12.3 Å². The maximum atomic E-state index is 13.0. The summed E-state index contributed by atoms with van der Waals surface area (Å²) in [5.41, 5.74) is 0.253. The molecule has 0 radical (unpaired) electrons. The number of hydrogen-bond donors (Lipinski definition) is 1. The van der Waals surface area contributed by atoms with Crippen molar-refractivity contribution in [2.24, 2.45) is 0 Å². The number of rotatable bonds is 8. The second-order valence-electron chi connectivity index (χ2n) is 5.28. The zero-order chi connectivity index (χ0) is 18.3. The van der Waals surface area contributed by atoms with Crippen molar-refractivity contribution in [1.82, 2.24) is 5.32 Å². The van der Waals surface area contributed by atoms with Gasteiger partial charge < -0.3 is 10.1 Å². The minimum atomic E-state index is -3.72. The van der Waals surface area contributed by atoms with Crippen LogP contribution in [0.5, 0.6) is 5.75 Å². The Labute approximate surface area is 150 Å². The predicted molar refractivity (Wildman–Crippen MR) is 93.8 cm³/mol. The highest BCUT2D eigenvalue weighted by Crippen LogP contribution is 2.19. The predicted octanol–water partition coefficient (Wildman–Crippen LogP) is 2.59. The summed E-state index contributed by atoms with van der Waals surface area (Å²) in [6, 6.07) is 12.5. The van der Waals surface area contributed by atoms with E-state index in [0.717, 1.165) is 12.1 Å². The Morgan fingerprint density at radius 3 is 2.56 bits per heavy atom. The quantitative estimate of drug-likeness (QED) is 0.709. The summed E-state index contributed by atoms with van der Waals surface area (Å²) in [6.07, 6.45) is 0. The monoisotopic (exact) mass is 385 g/mol. The van der Waals surface area contributed by atoms with Crippen LogP contribution in [0.1, 0.15) is 5.56 Å². The summed E-state index contributed by atoms with van der Waals surface area (Å²) in [5, 5.41) is 2.50. The molecule has 1 N–H and O–H groups in total. The van der Waals surface area contributed by atoms with E-state index >= 15 is 0 Å². The van der Waals surface area contributed by atoms with Gasteiger partial charge in [0.1, 0.15) is 23.9 Å². The van der Waals surface area contributed by atoms with Crippen molar-refractivity contribution in [3.8, 4) is 5.75 Å². The molecular weight excluding hydrogens is 369 g/mol. The van der Waals surface area contributed by atoms with E-state index in [-0.39, 0.29) is 23.7 Å². The summed E-state index contributed by atoms with van der Waals surface area (Å²) in [7, 11) is -3.72. The second-order valence-corrected chi connectivity index (χ2v) is 7.75. The highest BCUT2D eigenvalue weighted by molar-refractivity contribution is 7.91. The zero-order valence-corrected chi connectivity index (χ0v) is 14.8. The highest BCUT2D eigenvalue weighted by atomic mass is 35.5. The van der Waals surface area contributed by atoms with E-state index in [4.69, 9.17) is 16.3 Å². The molecule has 0 saturated heterocycles. The fraction of sp³-hybridized carbons (Fsp3) is 0.235. The molecule has 8 heteroatoms. The van der Waals surface area contributed by atoms with E-state index in [9.17, 15) is 17.6 Å². The minimum absolute atomic E-state index is 0.0141. The van der Waals surface area contributed by atoms with Crippen LogP contribution in [0, 0.1) is 5.82 Å². The Morgan fingerprint density at radius 1 is 1.16 bits per heavy atom. The topological polar surface area (TPSA) is 72.5 Å². The smallest absolute Gasteiger partial charge is 0.235 e. The third kappa shape index (κ3) is 6.72. The van der Waals surface area contributed by atoms with Crippen LogP contribution in [0.15, 0.2) is 48.5 Å². The van der Waals surface area contributed by atoms with Crippen LogP contribution in [0.4, 0.5) is 4.39 Å². The molecule has 2 aromatic carbocycles. The first kappa shape index (κ1) is 19.2. The van der Waals surface area contributed by atoms with Gasteiger partial charge in [0.25, 0.3) is 0 Å². The normalized spacial score (nSPS) is 11.1. The maximum absolute atomic E-state index is 13.0. The molecule has 134 valence electrons. The molecule has 5 nitrogen and oxygen atoms in total. The van der Waals surface area contributed by atoms with Crippen molar-refractivity contribution in [3.63, 3.8) is 0 Å². The number of halogens is 2. The maximum Gasteiger partial charge on any atom is 0.235 e. The number of carbonyl (C=O) groups is 1. The molecule has 25 heavy (non-hydrogen) atoms. The van der Waals surface area contributed by atoms with E-state index < -0.39 is 33.1 Å². The van der Waals surface area contributed by atoms with E-state index in [2.05, 4.69) is 5.32 Å². The average Bonchev–Trinajstić information content (AvgIpc) is 2.55. The fourth-order valence-corrected chi connectivity index (χ4v) is 3.70. The van der Waals surface area contributed by atoms with Gasteiger partial charge in [-0.1, -0.05) is 35.9 Å². The first-order chi connectivity index (χ1) is 11.9. The minimum Gasteiger partial charge on any atom is -0.492 e. The van der Waals surface area contributed by atoms with Gasteiger partial charge in [0, 0.05) is 5.02 Å². The van der Waals surface area contributed by atoms with Gasteiger partial charge in [-0.3, -0.25) is 4.79 Å². The van der Waals surface area contributed by atoms with Gasteiger partial charge in [-0.15, -0.1) is 0 Å². The molecule has 0 aliphatic rings. The Kier molecular flexibility index (Phi) is 6.78. The third-order valence-corrected chi connectivity index (χ3v) is 4.98. The first-order valence-corrected chi connectivity index (χ1v) is 9.64. The van der Waals surface area contributed by atoms with Crippen molar-refractivity contribution >= 4 is 27.3 Å². The molecule has 0 aromatic heterocycles. The van der Waals surface area contributed by atoms with Crippen LogP contribution in [0.3, 0.4) is 0 Å². The zero-order valence-electron chi connectivity index (χ0n) is 13.2. The van der Waals surface area contributed by atoms with Crippen molar-refractivity contribution < 1.29 is 22.3 Å². The van der Waals surface area contributed by atoms with Gasteiger partial charge in [0.15, 0.2) is 9.84 Å². The third-order valence-electron chi connectivity index (χ3n) is 3.18. The number of benzene rings is 2. The molecule has 0 heterocycles. The van der Waals surface area contributed by atoms with Crippen LogP contribution in [0.25, 0.3) is 0 Å². The Balaban J connectivity index is 1.78. The van der Waals surface area contributed by atoms with Crippen LogP contribution in [-0.4, -0.2) is 33.2 Å². The molecule has 0 atom stereocenters. The second kappa shape index (κ2) is 8.82. The molecule has 0 spiro atoms. The van der Waals surface area contributed by atoms with Gasteiger partial charge >= 0.3 is 0 Å². The van der Waals surface area contributed by atoms with E-state index in [1.54, 1.807) is 12.1 Å². The molecule has 0 aliphatic carbocycles. The van der Waals surface area contributed by atoms with Crippen molar-refractivity contribution in [3.05, 3.63) is 64.9 Å². The van der Waals surface area contributed by atoms with Crippen LogP contribution in [-0.2, 0) is 20.4 Å². The molecule has 2 aromatic rings. The Hall–Kier alpha value is -2.12. The number of sulfone groups is 1. The lowest BCUT2D eigenvalue weighted by Gasteiger charge is -2.09. The van der Waals surface area contributed by atoms with Gasteiger partial charge in [-0.05, 0) is 29.8 Å². The molecule has 1 amide bonds. The van der Waals surface area contributed by atoms with Crippen molar-refractivity contribution in [2.45, 2.75) is 5.75 Å². The van der Waals surface area contributed by atoms with Crippen LogP contribution in [0.2, 0.25) is 5.02 Å². The standard InChI is InChI=1S/C17H17ClFNO4S/c18-16-10-14(19)7-6-13(16)11-25(22,23)12-17(21)20-8-9-24-15-4-2-1-3-5-15/h1-7,10H,8-9,11-12H2,(H,20,21). The fourth-order valence-electron chi connectivity index (χ4n) is 2.05. The molecule has 0 fully saturated rings. The SMILES string of the molecule is O=C(CS(=O)(=O)Cc1ccc(F)cc1Cl)NCCOc1ccccc1. The van der Waals surface area contributed by atoms with Crippen molar-refractivity contribution in [1.29, 1.82) is 0 Å². The van der Waals surface area contributed by atoms with E-state index in [1.165, 1.54) is 6.07 Å². The molecule has 0 aliphatic heterocycles. The van der Waals surface area contributed by atoms with Crippen molar-refractivity contribution in [2.75, 3.05) is 18.9 Å². The first-order valence-electron chi connectivity index (χ1n) is 7.44. The van der Waals surface area contributed by atoms with Gasteiger partial charge in [-0.2, -0.15) is 0 Å². The van der Waals surface area contributed by atoms with Crippen LogP contribution >= 0.6 is 11.6 Å². The molecule has 0 saturated carbocycles. The average molecular weight is 386 g/mol. The van der Waals surface area contributed by atoms with Gasteiger partial charge in [0.2, 0.25) is 5.91 Å². The van der Waals surface area contributed by atoms with Gasteiger partial charge in [-0.25, -0.2) is 12.8 Å². The Bertz CT molecular complexity index is 828. The summed E-state index contributed by atoms with van der Waals surface area (Å²) in [5.74, 6) is -1.63. The number of nitrogens with one attached hydrogen (secondary N) is 1. The van der Waals surface area contributed by atoms with E-state index in [0.29, 0.717) is 5.75 Å². The summed E-state index contributed by atoms with van der Waals surface area (Å²) in [6.45, 7) is 0.403. The lowest BCUT2D eigenvalue weighted by Crippen LogP contribution is -2.33. The molecule has 2 rings (SSSR count). The summed E-state index contributed by atoms with van der Waals surface area (Å²) < 4.78 is 42.5. The number of carbonyl (C=O) groups excluding carboxylic acids is 1. The number of para-hydroxylation sites is 1. The number of ether oxygens (including phenoxy) is 1. The largest absolute Gasteiger partial charge is 0.492 e. The van der Waals surface area contributed by atoms with E-state index in [1.807, 2.05) is 18.2 Å². The number of amides is 1. The van der Waals surface area contributed by atoms with Crippen LogP contribution < -0.4 is 10.1 Å².